The quantitative estimate of drug-likeness (QED) is 0.777. The number of urea groups is 1. The van der Waals surface area contributed by atoms with E-state index in [2.05, 4.69) is 15.6 Å². The van der Waals surface area contributed by atoms with Crippen LogP contribution in [0.15, 0.2) is 5.38 Å². The van der Waals surface area contributed by atoms with E-state index in [4.69, 9.17) is 0 Å². The standard InChI is InChI=1S/C17H24N4O3S/c1-11-5-3-4-7-17(11)15(23)21(16(24)20-17)9-14(22)18-8-6-13-10-25-12(2)19-13/h10-11H,3-9H2,1-2H3,(H,18,22)(H,20,24)/t11-,17-/m1/s1. The number of thiazole rings is 1. The van der Waals surface area contributed by atoms with Crippen LogP contribution in [0.1, 0.15) is 43.3 Å². The molecule has 3 rings (SSSR count). The zero-order valence-electron chi connectivity index (χ0n) is 14.6. The maximum Gasteiger partial charge on any atom is 0.325 e. The van der Waals surface area contributed by atoms with Crippen molar-refractivity contribution in [3.63, 3.8) is 0 Å². The summed E-state index contributed by atoms with van der Waals surface area (Å²) in [7, 11) is 0. The fraction of sp³-hybridized carbons (Fsp3) is 0.647. The van der Waals surface area contributed by atoms with Gasteiger partial charge in [0.05, 0.1) is 10.7 Å². The SMILES string of the molecule is Cc1nc(CCNC(=O)CN2C(=O)N[C@@]3(CCCC[C@H]3C)C2=O)cs1. The summed E-state index contributed by atoms with van der Waals surface area (Å²) < 4.78 is 0. The van der Waals surface area contributed by atoms with Crippen molar-refractivity contribution in [2.24, 2.45) is 5.92 Å². The summed E-state index contributed by atoms with van der Waals surface area (Å²) in [6.45, 7) is 4.14. The van der Waals surface area contributed by atoms with Crippen molar-refractivity contribution in [2.45, 2.75) is 51.5 Å². The second-order valence-corrected chi connectivity index (χ2v) is 7.96. The van der Waals surface area contributed by atoms with Crippen LogP contribution in [0.5, 0.6) is 0 Å². The maximum absolute atomic E-state index is 12.8. The monoisotopic (exact) mass is 364 g/mol. The van der Waals surface area contributed by atoms with Crippen molar-refractivity contribution in [1.29, 1.82) is 0 Å². The van der Waals surface area contributed by atoms with Crippen molar-refractivity contribution in [2.75, 3.05) is 13.1 Å². The molecular formula is C17H24N4O3S. The number of imide groups is 1. The van der Waals surface area contributed by atoms with Gasteiger partial charge in [-0.25, -0.2) is 9.78 Å². The number of hydrogen-bond acceptors (Lipinski definition) is 5. The fourth-order valence-corrected chi connectivity index (χ4v) is 4.34. The van der Waals surface area contributed by atoms with Crippen LogP contribution in [0, 0.1) is 12.8 Å². The van der Waals surface area contributed by atoms with Gasteiger partial charge < -0.3 is 10.6 Å². The van der Waals surface area contributed by atoms with Crippen LogP contribution in [-0.2, 0) is 16.0 Å². The number of aryl methyl sites for hydroxylation is 1. The summed E-state index contributed by atoms with van der Waals surface area (Å²) in [6.07, 6.45) is 4.20. The van der Waals surface area contributed by atoms with Gasteiger partial charge >= 0.3 is 6.03 Å². The van der Waals surface area contributed by atoms with Gasteiger partial charge in [-0.1, -0.05) is 19.8 Å². The first kappa shape index (κ1) is 17.8. The molecule has 0 radical (unpaired) electrons. The lowest BCUT2D eigenvalue weighted by atomic mass is 9.73. The highest BCUT2D eigenvalue weighted by Crippen LogP contribution is 2.38. The van der Waals surface area contributed by atoms with Crippen molar-refractivity contribution in [3.05, 3.63) is 16.1 Å². The molecule has 8 heteroatoms. The molecule has 4 amide bonds. The Labute approximate surface area is 151 Å². The van der Waals surface area contributed by atoms with Crippen LogP contribution in [-0.4, -0.2) is 46.4 Å². The van der Waals surface area contributed by atoms with Crippen LogP contribution < -0.4 is 10.6 Å². The first-order chi connectivity index (χ1) is 11.9. The predicted octanol–water partition coefficient (Wildman–Crippen LogP) is 1.61. The van der Waals surface area contributed by atoms with Gasteiger partial charge in [0.2, 0.25) is 5.91 Å². The Morgan fingerprint density at radius 3 is 2.96 bits per heavy atom. The third-order valence-electron chi connectivity index (χ3n) is 5.17. The van der Waals surface area contributed by atoms with Gasteiger partial charge in [-0.05, 0) is 25.7 Å². The van der Waals surface area contributed by atoms with Crippen molar-refractivity contribution >= 4 is 29.2 Å². The second kappa shape index (κ2) is 7.11. The number of hydrogen-bond donors (Lipinski definition) is 2. The molecule has 0 bridgehead atoms. The summed E-state index contributed by atoms with van der Waals surface area (Å²) in [6, 6.07) is -0.455. The van der Waals surface area contributed by atoms with Gasteiger partial charge in [0.25, 0.3) is 5.91 Å². The summed E-state index contributed by atoms with van der Waals surface area (Å²) in [4.78, 5) is 42.6. The average molecular weight is 364 g/mol. The number of rotatable bonds is 5. The molecule has 1 aliphatic heterocycles. The van der Waals surface area contributed by atoms with E-state index in [0.29, 0.717) is 19.4 Å². The van der Waals surface area contributed by atoms with E-state index in [1.165, 1.54) is 0 Å². The molecule has 1 saturated heterocycles. The van der Waals surface area contributed by atoms with Gasteiger partial charge in [-0.2, -0.15) is 0 Å². The fourth-order valence-electron chi connectivity index (χ4n) is 3.69. The van der Waals surface area contributed by atoms with E-state index in [-0.39, 0.29) is 24.3 Å². The molecule has 0 unspecified atom stereocenters. The predicted molar refractivity (Wildman–Crippen MR) is 94.2 cm³/mol. The highest BCUT2D eigenvalue weighted by Gasteiger charge is 2.55. The first-order valence-electron chi connectivity index (χ1n) is 8.74. The van der Waals surface area contributed by atoms with E-state index in [1.54, 1.807) is 11.3 Å². The molecule has 0 aromatic carbocycles. The molecule has 1 aromatic rings. The first-order valence-corrected chi connectivity index (χ1v) is 9.62. The van der Waals surface area contributed by atoms with E-state index >= 15 is 0 Å². The molecule has 2 N–H and O–H groups in total. The lowest BCUT2D eigenvalue weighted by Gasteiger charge is -2.36. The molecule has 1 aliphatic carbocycles. The number of nitrogens with one attached hydrogen (secondary N) is 2. The molecule has 136 valence electrons. The zero-order chi connectivity index (χ0) is 18.0. The molecule has 1 saturated carbocycles. The Balaban J connectivity index is 1.54. The van der Waals surface area contributed by atoms with Gasteiger partial charge in [0.15, 0.2) is 0 Å². The van der Waals surface area contributed by atoms with Crippen LogP contribution in [0.2, 0.25) is 0 Å². The summed E-state index contributed by atoms with van der Waals surface area (Å²) in [5.41, 5.74) is 0.126. The smallest absolute Gasteiger partial charge is 0.325 e. The lowest BCUT2D eigenvalue weighted by Crippen LogP contribution is -2.54. The van der Waals surface area contributed by atoms with Gasteiger partial charge in [0.1, 0.15) is 12.1 Å². The molecule has 2 heterocycles. The Hall–Kier alpha value is -1.96. The second-order valence-electron chi connectivity index (χ2n) is 6.90. The highest BCUT2D eigenvalue weighted by atomic mass is 32.1. The van der Waals surface area contributed by atoms with Gasteiger partial charge in [-0.15, -0.1) is 11.3 Å². The summed E-state index contributed by atoms with van der Waals surface area (Å²) in [5.74, 6) is -0.482. The summed E-state index contributed by atoms with van der Waals surface area (Å²) in [5, 5.41) is 8.58. The molecule has 1 aromatic heterocycles. The Bertz CT molecular complexity index is 689. The van der Waals surface area contributed by atoms with E-state index < -0.39 is 11.6 Å². The van der Waals surface area contributed by atoms with E-state index in [1.807, 2.05) is 19.2 Å². The van der Waals surface area contributed by atoms with Crippen LogP contribution in [0.4, 0.5) is 4.79 Å². The van der Waals surface area contributed by atoms with Crippen LogP contribution in [0.25, 0.3) is 0 Å². The van der Waals surface area contributed by atoms with Crippen LogP contribution >= 0.6 is 11.3 Å². The van der Waals surface area contributed by atoms with Crippen LogP contribution in [0.3, 0.4) is 0 Å². The normalized spacial score (nSPS) is 26.2. The largest absolute Gasteiger partial charge is 0.354 e. The minimum absolute atomic E-state index is 0.0960. The Kier molecular flexibility index (Phi) is 5.08. The lowest BCUT2D eigenvalue weighted by molar-refractivity contribution is -0.137. The molecule has 7 nitrogen and oxygen atoms in total. The molecule has 2 atom stereocenters. The minimum Gasteiger partial charge on any atom is -0.354 e. The van der Waals surface area contributed by atoms with Gasteiger partial charge in [-0.3, -0.25) is 14.5 Å². The van der Waals surface area contributed by atoms with Gasteiger partial charge in [0, 0.05) is 18.3 Å². The maximum atomic E-state index is 12.8. The number of carbonyl (C=O) groups excluding carboxylic acids is 3. The summed E-state index contributed by atoms with van der Waals surface area (Å²) >= 11 is 1.57. The molecular weight excluding hydrogens is 340 g/mol. The van der Waals surface area contributed by atoms with E-state index in [9.17, 15) is 14.4 Å². The highest BCUT2D eigenvalue weighted by molar-refractivity contribution is 7.09. The molecule has 1 spiro atoms. The van der Waals surface area contributed by atoms with E-state index in [0.717, 1.165) is 34.9 Å². The topological polar surface area (TPSA) is 91.4 Å². The Morgan fingerprint density at radius 2 is 2.28 bits per heavy atom. The zero-order valence-corrected chi connectivity index (χ0v) is 15.4. The Morgan fingerprint density at radius 1 is 1.48 bits per heavy atom. The average Bonchev–Trinajstić information content (AvgIpc) is 3.08. The number of carbonyl (C=O) groups is 3. The molecule has 2 aliphatic rings. The van der Waals surface area contributed by atoms with Crippen molar-refractivity contribution in [1.82, 2.24) is 20.5 Å². The molecule has 2 fully saturated rings. The third-order valence-corrected chi connectivity index (χ3v) is 6.00. The molecule has 25 heavy (non-hydrogen) atoms. The third kappa shape index (κ3) is 3.53. The number of nitrogens with zero attached hydrogens (tertiary/aromatic N) is 2. The minimum atomic E-state index is -0.812. The van der Waals surface area contributed by atoms with Crippen molar-refractivity contribution < 1.29 is 14.4 Å². The number of amides is 4. The number of aromatic nitrogens is 1. The van der Waals surface area contributed by atoms with Crippen molar-refractivity contribution in [3.8, 4) is 0 Å².